The van der Waals surface area contributed by atoms with Crippen molar-refractivity contribution in [2.75, 3.05) is 11.9 Å². The van der Waals surface area contributed by atoms with Gasteiger partial charge >= 0.3 is 0 Å². The first-order valence-corrected chi connectivity index (χ1v) is 6.60. The fourth-order valence-corrected chi connectivity index (χ4v) is 1.78. The van der Waals surface area contributed by atoms with Gasteiger partial charge in [0.25, 0.3) is 5.91 Å². The van der Waals surface area contributed by atoms with Crippen LogP contribution in [0.1, 0.15) is 28.2 Å². The van der Waals surface area contributed by atoms with Crippen LogP contribution in [-0.4, -0.2) is 22.6 Å². The van der Waals surface area contributed by atoms with E-state index in [1.54, 1.807) is 25.1 Å². The van der Waals surface area contributed by atoms with Crippen LogP contribution in [0.2, 0.25) is 5.02 Å². The van der Waals surface area contributed by atoms with E-state index >= 15 is 0 Å². The largest absolute Gasteiger partial charge is 0.438 e. The molecule has 0 aliphatic carbocycles. The smallest absolute Gasteiger partial charge is 0.293 e. The number of amides is 1. The number of anilines is 1. The minimum atomic E-state index is -0.424. The van der Waals surface area contributed by atoms with Gasteiger partial charge in [-0.15, -0.1) is 0 Å². The molecule has 0 spiro atoms. The molecule has 2 N–H and O–H groups in total. The number of carbonyl (C=O) groups is 1. The van der Waals surface area contributed by atoms with Crippen molar-refractivity contribution in [3.05, 3.63) is 46.6 Å². The standard InChI is InChI=1S/C15H13ClN2O3/c1-10-14(21-9-17-10)15(20)18-13-8-11(4-2-3-7-19)5-6-12(13)16/h5-6,8-9,19H,3,7H2,1H3,(H,18,20). The zero-order valence-corrected chi connectivity index (χ0v) is 12.1. The van der Waals surface area contributed by atoms with Gasteiger partial charge in [0.1, 0.15) is 0 Å². The highest BCUT2D eigenvalue weighted by Gasteiger charge is 2.15. The van der Waals surface area contributed by atoms with Gasteiger partial charge in [0.2, 0.25) is 5.76 Å². The number of oxazole rings is 1. The van der Waals surface area contributed by atoms with Gasteiger partial charge in [0, 0.05) is 12.0 Å². The third-order valence-electron chi connectivity index (χ3n) is 2.64. The topological polar surface area (TPSA) is 75.4 Å². The molecule has 1 aromatic heterocycles. The van der Waals surface area contributed by atoms with Gasteiger partial charge in [-0.3, -0.25) is 4.79 Å². The molecule has 0 bridgehead atoms. The number of aryl methyl sites for hydroxylation is 1. The molecule has 0 fully saturated rings. The normalized spacial score (nSPS) is 9.86. The Kier molecular flexibility index (Phi) is 4.99. The number of aliphatic hydroxyl groups is 1. The molecule has 0 saturated carbocycles. The number of halogens is 1. The molecule has 6 heteroatoms. The zero-order valence-electron chi connectivity index (χ0n) is 11.3. The predicted molar refractivity (Wildman–Crippen MR) is 79.2 cm³/mol. The van der Waals surface area contributed by atoms with Crippen molar-refractivity contribution in [3.8, 4) is 11.8 Å². The molecule has 1 heterocycles. The van der Waals surface area contributed by atoms with Crippen molar-refractivity contribution >= 4 is 23.2 Å². The molecule has 1 amide bonds. The Morgan fingerprint density at radius 2 is 2.33 bits per heavy atom. The van der Waals surface area contributed by atoms with E-state index in [-0.39, 0.29) is 12.4 Å². The Morgan fingerprint density at radius 3 is 3.00 bits per heavy atom. The first-order valence-electron chi connectivity index (χ1n) is 6.22. The third kappa shape index (κ3) is 3.85. The number of hydrogen-bond donors (Lipinski definition) is 2. The van der Waals surface area contributed by atoms with Crippen LogP contribution in [0.5, 0.6) is 0 Å². The van der Waals surface area contributed by atoms with Crippen molar-refractivity contribution in [3.63, 3.8) is 0 Å². The van der Waals surface area contributed by atoms with Crippen LogP contribution < -0.4 is 5.32 Å². The summed E-state index contributed by atoms with van der Waals surface area (Å²) in [7, 11) is 0. The lowest BCUT2D eigenvalue weighted by atomic mass is 10.2. The maximum absolute atomic E-state index is 12.0. The Balaban J connectivity index is 2.20. The van der Waals surface area contributed by atoms with Crippen LogP contribution in [0.25, 0.3) is 0 Å². The first-order chi connectivity index (χ1) is 10.1. The van der Waals surface area contributed by atoms with Crippen molar-refractivity contribution < 1.29 is 14.3 Å². The Bertz CT molecular complexity index is 713. The quantitative estimate of drug-likeness (QED) is 0.855. The van der Waals surface area contributed by atoms with Gasteiger partial charge in [-0.1, -0.05) is 23.4 Å². The van der Waals surface area contributed by atoms with Gasteiger partial charge < -0.3 is 14.8 Å². The second-order valence-corrected chi connectivity index (χ2v) is 4.60. The highest BCUT2D eigenvalue weighted by molar-refractivity contribution is 6.34. The molecule has 0 unspecified atom stereocenters. The molecular formula is C15H13ClN2O3. The molecule has 108 valence electrons. The van der Waals surface area contributed by atoms with Gasteiger partial charge in [-0.2, -0.15) is 0 Å². The molecule has 0 saturated heterocycles. The number of carbonyl (C=O) groups excluding carboxylic acids is 1. The average molecular weight is 305 g/mol. The summed E-state index contributed by atoms with van der Waals surface area (Å²) < 4.78 is 5.03. The summed E-state index contributed by atoms with van der Waals surface area (Å²) in [6, 6.07) is 5.05. The lowest BCUT2D eigenvalue weighted by Gasteiger charge is -2.06. The Labute approximate surface area is 127 Å². The van der Waals surface area contributed by atoms with E-state index in [2.05, 4.69) is 22.1 Å². The fourth-order valence-electron chi connectivity index (χ4n) is 1.62. The minimum absolute atomic E-state index is 0.00888. The number of benzene rings is 1. The molecular weight excluding hydrogens is 292 g/mol. The highest BCUT2D eigenvalue weighted by atomic mass is 35.5. The van der Waals surface area contributed by atoms with E-state index in [0.29, 0.717) is 28.4 Å². The number of aromatic nitrogens is 1. The number of aliphatic hydroxyl groups excluding tert-OH is 1. The fraction of sp³-hybridized carbons (Fsp3) is 0.200. The van der Waals surface area contributed by atoms with E-state index in [0.717, 1.165) is 0 Å². The molecule has 21 heavy (non-hydrogen) atoms. The molecule has 1 aromatic carbocycles. The number of nitrogens with zero attached hydrogens (tertiary/aromatic N) is 1. The number of hydrogen-bond acceptors (Lipinski definition) is 4. The van der Waals surface area contributed by atoms with Crippen molar-refractivity contribution in [2.45, 2.75) is 13.3 Å². The Morgan fingerprint density at radius 1 is 1.52 bits per heavy atom. The van der Waals surface area contributed by atoms with Gasteiger partial charge in [-0.25, -0.2) is 4.98 Å². The maximum atomic E-state index is 12.0. The summed E-state index contributed by atoms with van der Waals surface area (Å²) in [5, 5.41) is 11.8. The summed E-state index contributed by atoms with van der Waals surface area (Å²) in [6.07, 6.45) is 1.60. The third-order valence-corrected chi connectivity index (χ3v) is 2.97. The van der Waals surface area contributed by atoms with Crippen LogP contribution in [-0.2, 0) is 0 Å². The summed E-state index contributed by atoms with van der Waals surface area (Å²) in [4.78, 5) is 15.9. The predicted octanol–water partition coefficient (Wildman–Crippen LogP) is 2.62. The second kappa shape index (κ2) is 6.93. The van der Waals surface area contributed by atoms with Crippen molar-refractivity contribution in [1.29, 1.82) is 0 Å². The zero-order chi connectivity index (χ0) is 15.2. The number of rotatable bonds is 3. The van der Waals surface area contributed by atoms with Crippen molar-refractivity contribution in [2.24, 2.45) is 0 Å². The SMILES string of the molecule is Cc1ncoc1C(=O)Nc1cc(C#CCCO)ccc1Cl. The van der Waals surface area contributed by atoms with Gasteiger partial charge in [0.05, 0.1) is 23.0 Å². The molecule has 2 aromatic rings. The molecule has 2 rings (SSSR count). The maximum Gasteiger partial charge on any atom is 0.293 e. The molecule has 0 radical (unpaired) electrons. The van der Waals surface area contributed by atoms with E-state index in [1.165, 1.54) is 6.39 Å². The first kappa shape index (κ1) is 15.1. The van der Waals surface area contributed by atoms with Crippen LogP contribution in [0.4, 0.5) is 5.69 Å². The monoisotopic (exact) mass is 304 g/mol. The summed E-state index contributed by atoms with van der Waals surface area (Å²) in [6.45, 7) is 1.69. The molecule has 0 atom stereocenters. The van der Waals surface area contributed by atoms with E-state index < -0.39 is 5.91 Å². The highest BCUT2D eigenvalue weighted by Crippen LogP contribution is 2.23. The summed E-state index contributed by atoms with van der Waals surface area (Å²) >= 11 is 6.05. The van der Waals surface area contributed by atoms with E-state index in [4.69, 9.17) is 21.1 Å². The van der Waals surface area contributed by atoms with E-state index in [9.17, 15) is 4.79 Å². The van der Waals surface area contributed by atoms with Crippen LogP contribution >= 0.6 is 11.6 Å². The minimum Gasteiger partial charge on any atom is -0.438 e. The van der Waals surface area contributed by atoms with Crippen LogP contribution in [0, 0.1) is 18.8 Å². The molecule has 5 nitrogen and oxygen atoms in total. The molecule has 0 aliphatic rings. The van der Waals surface area contributed by atoms with Crippen LogP contribution in [0.3, 0.4) is 0 Å². The van der Waals surface area contributed by atoms with E-state index in [1.807, 2.05) is 0 Å². The van der Waals surface area contributed by atoms with Crippen LogP contribution in [0.15, 0.2) is 29.0 Å². The van der Waals surface area contributed by atoms with Gasteiger partial charge in [-0.05, 0) is 25.1 Å². The average Bonchev–Trinajstić information content (AvgIpc) is 2.89. The number of nitrogens with one attached hydrogen (secondary N) is 1. The van der Waals surface area contributed by atoms with Crippen molar-refractivity contribution in [1.82, 2.24) is 4.98 Å². The van der Waals surface area contributed by atoms with Gasteiger partial charge in [0.15, 0.2) is 6.39 Å². The summed E-state index contributed by atoms with van der Waals surface area (Å²) in [5.41, 5.74) is 1.63. The summed E-state index contributed by atoms with van der Waals surface area (Å²) in [5.74, 6) is 5.40. The lowest BCUT2D eigenvalue weighted by Crippen LogP contribution is -2.12. The Hall–Kier alpha value is -2.29. The molecule has 0 aliphatic heterocycles. The second-order valence-electron chi connectivity index (χ2n) is 4.19. The lowest BCUT2D eigenvalue weighted by molar-refractivity contribution is 0.0996.